The third-order valence-corrected chi connectivity index (χ3v) is 7.09. The highest BCUT2D eigenvalue weighted by molar-refractivity contribution is 6.09. The second-order valence-corrected chi connectivity index (χ2v) is 9.68. The van der Waals surface area contributed by atoms with Crippen LogP contribution in [0.1, 0.15) is 46.8 Å². The Morgan fingerprint density at radius 3 is 2.67 bits per heavy atom. The Balaban J connectivity index is 1.58. The lowest BCUT2D eigenvalue weighted by molar-refractivity contribution is -0.143. The summed E-state index contributed by atoms with van der Waals surface area (Å²) in [6.45, 7) is 7.73. The summed E-state index contributed by atoms with van der Waals surface area (Å²) in [6, 6.07) is 8.18. The van der Waals surface area contributed by atoms with Crippen LogP contribution in [0.3, 0.4) is 0 Å². The number of anilines is 2. The highest BCUT2D eigenvalue weighted by Gasteiger charge is 2.36. The van der Waals surface area contributed by atoms with Crippen molar-refractivity contribution in [3.05, 3.63) is 64.2 Å². The average Bonchev–Trinajstić information content (AvgIpc) is 3.58. The molecule has 39 heavy (non-hydrogen) atoms. The molecule has 2 aliphatic heterocycles. The third kappa shape index (κ3) is 6.40. The molecule has 10 nitrogen and oxygen atoms in total. The molecule has 1 fully saturated rings. The third-order valence-electron chi connectivity index (χ3n) is 7.09. The molecular formula is C29H36N4O6. The number of nitrogens with one attached hydrogen (secondary N) is 1. The van der Waals surface area contributed by atoms with Gasteiger partial charge in [-0.2, -0.15) is 0 Å². The second kappa shape index (κ2) is 12.8. The Kier molecular flexibility index (Phi) is 9.21. The van der Waals surface area contributed by atoms with Crippen molar-refractivity contribution >= 4 is 29.3 Å². The summed E-state index contributed by atoms with van der Waals surface area (Å²) in [4.78, 5) is 41.5. The van der Waals surface area contributed by atoms with E-state index in [-0.39, 0.29) is 19.0 Å². The highest BCUT2D eigenvalue weighted by Crippen LogP contribution is 2.45. The van der Waals surface area contributed by atoms with Crippen LogP contribution in [0.25, 0.3) is 0 Å². The van der Waals surface area contributed by atoms with Gasteiger partial charge in [-0.25, -0.2) is 9.59 Å². The van der Waals surface area contributed by atoms with Gasteiger partial charge in [0.25, 0.3) is 0 Å². The number of hydrogen-bond acceptors (Lipinski definition) is 8. The van der Waals surface area contributed by atoms with Crippen molar-refractivity contribution in [3.8, 4) is 5.75 Å². The second-order valence-electron chi connectivity index (χ2n) is 9.68. The normalized spacial score (nSPS) is 15.2. The lowest BCUT2D eigenvalue weighted by Crippen LogP contribution is -2.33. The molecule has 2 aliphatic rings. The van der Waals surface area contributed by atoms with Crippen LogP contribution in [0.4, 0.5) is 16.2 Å². The van der Waals surface area contributed by atoms with Crippen LogP contribution >= 0.6 is 0 Å². The Bertz CT molecular complexity index is 1250. The molecule has 2 aromatic rings. The van der Waals surface area contributed by atoms with Gasteiger partial charge in [-0.15, -0.1) is 0 Å². The zero-order chi connectivity index (χ0) is 27.9. The maximum Gasteiger partial charge on any atom is 0.341 e. The molecular weight excluding hydrogens is 500 g/mol. The number of cyclic esters (lactones) is 1. The van der Waals surface area contributed by atoms with Gasteiger partial charge >= 0.3 is 18.0 Å². The minimum absolute atomic E-state index is 0.0935. The van der Waals surface area contributed by atoms with Crippen LogP contribution in [0.5, 0.6) is 5.75 Å². The molecule has 0 unspecified atom stereocenters. The standard InChI is InChI=1S/C29H36N4O6/c1-19(10-12-24(34)38-16-15-32-14-13-31-18-32)9-11-22-26(33(29(30)36)21-7-5-4-6-8-21)25-23(17-39-28(25)35)20(2)27(22)37-3/h4-9,31H,10-18H2,1-3H3,(H2,30,36)/b19-9+. The largest absolute Gasteiger partial charge is 0.496 e. The number of primary amides is 1. The zero-order valence-electron chi connectivity index (χ0n) is 22.7. The summed E-state index contributed by atoms with van der Waals surface area (Å²) >= 11 is 0. The smallest absolute Gasteiger partial charge is 0.341 e. The molecule has 0 spiro atoms. The maximum absolute atomic E-state index is 12.9. The molecule has 0 bridgehead atoms. The predicted octanol–water partition coefficient (Wildman–Crippen LogP) is 3.57. The molecule has 0 atom stereocenters. The number of methoxy groups -OCH3 is 1. The first-order chi connectivity index (χ1) is 18.8. The van der Waals surface area contributed by atoms with Crippen molar-refractivity contribution in [1.29, 1.82) is 0 Å². The number of amides is 2. The van der Waals surface area contributed by atoms with Gasteiger partial charge in [-0.3, -0.25) is 14.6 Å². The van der Waals surface area contributed by atoms with E-state index in [1.165, 1.54) is 4.90 Å². The number of esters is 2. The number of ether oxygens (including phenoxy) is 3. The fourth-order valence-electron chi connectivity index (χ4n) is 5.00. The van der Waals surface area contributed by atoms with Gasteiger partial charge in [-0.05, 0) is 44.4 Å². The number of fused-ring (bicyclic) bond motifs is 1. The van der Waals surface area contributed by atoms with Crippen LogP contribution in [0.15, 0.2) is 42.0 Å². The number of rotatable bonds is 11. The van der Waals surface area contributed by atoms with E-state index < -0.39 is 12.0 Å². The number of hydrogen-bond donors (Lipinski definition) is 2. The Morgan fingerprint density at radius 1 is 1.23 bits per heavy atom. The van der Waals surface area contributed by atoms with Gasteiger partial charge < -0.3 is 25.3 Å². The van der Waals surface area contributed by atoms with E-state index in [1.807, 2.05) is 26.0 Å². The van der Waals surface area contributed by atoms with Crippen LogP contribution in [-0.4, -0.2) is 62.9 Å². The van der Waals surface area contributed by atoms with Crippen molar-refractivity contribution in [1.82, 2.24) is 10.2 Å². The quantitative estimate of drug-likeness (QED) is 0.330. The molecule has 0 radical (unpaired) electrons. The highest BCUT2D eigenvalue weighted by atomic mass is 16.5. The number of carbonyl (C=O) groups excluding carboxylic acids is 3. The van der Waals surface area contributed by atoms with Crippen molar-refractivity contribution in [3.63, 3.8) is 0 Å². The zero-order valence-corrected chi connectivity index (χ0v) is 22.7. The minimum Gasteiger partial charge on any atom is -0.496 e. The van der Waals surface area contributed by atoms with Crippen LogP contribution in [0, 0.1) is 6.92 Å². The monoisotopic (exact) mass is 536 g/mol. The van der Waals surface area contributed by atoms with Gasteiger partial charge in [0.1, 0.15) is 19.0 Å². The van der Waals surface area contributed by atoms with Gasteiger partial charge in [0.05, 0.1) is 24.0 Å². The van der Waals surface area contributed by atoms with E-state index in [9.17, 15) is 14.4 Å². The predicted molar refractivity (Wildman–Crippen MR) is 147 cm³/mol. The molecule has 10 heteroatoms. The SMILES string of the molecule is COc1c(C)c2c(c(N(C(N)=O)c3ccccc3)c1C/C=C(\C)CCC(=O)OCCN1CCNC1)C(=O)OC2. The molecule has 0 aromatic heterocycles. The summed E-state index contributed by atoms with van der Waals surface area (Å²) in [6.07, 6.45) is 3.10. The van der Waals surface area contributed by atoms with E-state index >= 15 is 0 Å². The fourth-order valence-corrected chi connectivity index (χ4v) is 5.00. The summed E-state index contributed by atoms with van der Waals surface area (Å²) in [7, 11) is 1.56. The molecule has 2 amide bonds. The number of allylic oxidation sites excluding steroid dienone is 2. The van der Waals surface area contributed by atoms with E-state index in [1.54, 1.807) is 31.4 Å². The maximum atomic E-state index is 12.9. The minimum atomic E-state index is -0.733. The number of nitrogens with zero attached hydrogens (tertiary/aromatic N) is 2. The molecule has 0 saturated carbocycles. The summed E-state index contributed by atoms with van der Waals surface area (Å²) in [5, 5.41) is 3.25. The summed E-state index contributed by atoms with van der Waals surface area (Å²) in [5.74, 6) is -0.195. The van der Waals surface area contributed by atoms with Crippen molar-refractivity contribution in [2.45, 2.75) is 39.7 Å². The molecule has 2 aromatic carbocycles. The van der Waals surface area contributed by atoms with Crippen molar-refractivity contribution in [2.24, 2.45) is 5.73 Å². The van der Waals surface area contributed by atoms with E-state index in [0.717, 1.165) is 30.9 Å². The Morgan fingerprint density at radius 2 is 2.00 bits per heavy atom. The lowest BCUT2D eigenvalue weighted by Gasteiger charge is -2.27. The van der Waals surface area contributed by atoms with E-state index in [2.05, 4.69) is 10.2 Å². The molecule has 2 heterocycles. The Labute approximate surface area is 228 Å². The fraction of sp³-hybridized carbons (Fsp3) is 0.414. The van der Waals surface area contributed by atoms with Crippen LogP contribution in [-0.2, 0) is 27.3 Å². The summed E-state index contributed by atoms with van der Waals surface area (Å²) < 4.78 is 16.6. The van der Waals surface area contributed by atoms with Gasteiger partial charge in [0.2, 0.25) is 0 Å². The number of benzene rings is 2. The van der Waals surface area contributed by atoms with Crippen LogP contribution in [0.2, 0.25) is 0 Å². The number of urea groups is 1. The topological polar surface area (TPSA) is 123 Å². The van der Waals surface area contributed by atoms with E-state index in [4.69, 9.17) is 19.9 Å². The van der Waals surface area contributed by atoms with Gasteiger partial charge in [0, 0.05) is 43.9 Å². The molecule has 1 saturated heterocycles. The number of nitrogens with two attached hydrogens (primary N) is 1. The summed E-state index contributed by atoms with van der Waals surface area (Å²) in [5.41, 5.74) is 10.1. The lowest BCUT2D eigenvalue weighted by atomic mass is 9.92. The number of para-hydroxylation sites is 1. The number of carbonyl (C=O) groups is 3. The molecule has 208 valence electrons. The van der Waals surface area contributed by atoms with Crippen molar-refractivity contribution in [2.75, 3.05) is 44.9 Å². The molecule has 4 rings (SSSR count). The first-order valence-corrected chi connectivity index (χ1v) is 13.1. The molecule has 0 aliphatic carbocycles. The first-order valence-electron chi connectivity index (χ1n) is 13.1. The van der Waals surface area contributed by atoms with Gasteiger partial charge in [0.15, 0.2) is 0 Å². The first kappa shape index (κ1) is 28.1. The average molecular weight is 537 g/mol. The molecule has 3 N–H and O–H groups in total. The van der Waals surface area contributed by atoms with Crippen LogP contribution < -0.4 is 20.7 Å². The Hall–Kier alpha value is -3.89. The van der Waals surface area contributed by atoms with Gasteiger partial charge in [-0.1, -0.05) is 29.8 Å². The van der Waals surface area contributed by atoms with E-state index in [0.29, 0.717) is 59.8 Å². The van der Waals surface area contributed by atoms with Crippen molar-refractivity contribution < 1.29 is 28.6 Å².